The lowest BCUT2D eigenvalue weighted by molar-refractivity contribution is -0.142. The van der Waals surface area contributed by atoms with Crippen molar-refractivity contribution in [3.05, 3.63) is 59.7 Å². The number of rotatable bonds is 6. The van der Waals surface area contributed by atoms with Gasteiger partial charge in [-0.15, -0.1) is 0 Å². The summed E-state index contributed by atoms with van der Waals surface area (Å²) in [6.45, 7) is 0.0421. The minimum atomic E-state index is -1.58. The van der Waals surface area contributed by atoms with Crippen LogP contribution >= 0.6 is 0 Å². The Balaban J connectivity index is 1.64. The molecule has 1 unspecified atom stereocenters. The fraction of sp³-hybridized carbons (Fsp3) is 0.222. The van der Waals surface area contributed by atoms with Gasteiger partial charge in [0.25, 0.3) is 0 Å². The maximum Gasteiger partial charge on any atom is 0.408 e. The van der Waals surface area contributed by atoms with E-state index in [1.807, 2.05) is 6.07 Å². The van der Waals surface area contributed by atoms with E-state index in [0.717, 1.165) is 5.56 Å². The molecular formula is C18H17NO7. The van der Waals surface area contributed by atoms with E-state index >= 15 is 0 Å². The van der Waals surface area contributed by atoms with Crippen molar-refractivity contribution in [1.29, 1.82) is 0 Å². The van der Waals surface area contributed by atoms with Crippen LogP contribution in [0.1, 0.15) is 17.2 Å². The Morgan fingerprint density at radius 2 is 1.85 bits per heavy atom. The van der Waals surface area contributed by atoms with Crippen LogP contribution in [0.4, 0.5) is 4.79 Å². The number of aliphatic carboxylic acids is 1. The highest BCUT2D eigenvalue weighted by atomic mass is 16.7. The van der Waals surface area contributed by atoms with E-state index in [0.29, 0.717) is 11.5 Å². The zero-order chi connectivity index (χ0) is 18.5. The maximum absolute atomic E-state index is 11.9. The SMILES string of the molecule is O=C(N[C@@H](C(=O)O)C(O)c1ccc2c(c1)OCO2)OCc1ccccc1. The van der Waals surface area contributed by atoms with Crippen molar-refractivity contribution in [2.75, 3.05) is 6.79 Å². The number of carboxylic acids is 1. The number of carbonyl (C=O) groups excluding carboxylic acids is 1. The van der Waals surface area contributed by atoms with Crippen LogP contribution in [0.3, 0.4) is 0 Å². The van der Waals surface area contributed by atoms with Crippen LogP contribution in [-0.4, -0.2) is 35.1 Å². The summed E-state index contributed by atoms with van der Waals surface area (Å²) in [6.07, 6.45) is -2.44. The molecule has 1 aliphatic heterocycles. The van der Waals surface area contributed by atoms with Crippen LogP contribution in [0.2, 0.25) is 0 Å². The summed E-state index contributed by atoms with van der Waals surface area (Å²) in [6, 6.07) is 11.9. The van der Waals surface area contributed by atoms with Gasteiger partial charge in [-0.3, -0.25) is 0 Å². The molecule has 2 aromatic rings. The van der Waals surface area contributed by atoms with E-state index in [1.165, 1.54) is 12.1 Å². The molecule has 0 spiro atoms. The van der Waals surface area contributed by atoms with Gasteiger partial charge in [0, 0.05) is 0 Å². The first-order valence-electron chi connectivity index (χ1n) is 7.82. The molecule has 8 heteroatoms. The lowest BCUT2D eigenvalue weighted by atomic mass is 10.0. The second-order valence-electron chi connectivity index (χ2n) is 5.58. The molecule has 0 radical (unpaired) electrons. The minimum Gasteiger partial charge on any atom is -0.480 e. The predicted molar refractivity (Wildman–Crippen MR) is 88.7 cm³/mol. The normalized spacial score (nSPS) is 14.3. The zero-order valence-electron chi connectivity index (χ0n) is 13.6. The van der Waals surface area contributed by atoms with Gasteiger partial charge in [-0.25, -0.2) is 9.59 Å². The summed E-state index contributed by atoms with van der Waals surface area (Å²) in [5.74, 6) is -0.493. The molecule has 1 heterocycles. The van der Waals surface area contributed by atoms with Crippen molar-refractivity contribution >= 4 is 12.1 Å². The molecule has 0 fully saturated rings. The van der Waals surface area contributed by atoms with Gasteiger partial charge < -0.3 is 29.7 Å². The van der Waals surface area contributed by atoms with E-state index in [2.05, 4.69) is 5.32 Å². The van der Waals surface area contributed by atoms with Gasteiger partial charge in [0.2, 0.25) is 6.79 Å². The fourth-order valence-corrected chi connectivity index (χ4v) is 2.46. The smallest absolute Gasteiger partial charge is 0.408 e. The standard InChI is InChI=1S/C18H17NO7/c20-16(12-6-7-13-14(8-12)26-10-25-13)15(17(21)22)19-18(23)24-9-11-4-2-1-3-5-11/h1-8,15-16,20H,9-10H2,(H,19,23)(H,21,22)/t15-,16?/m1/s1. The van der Waals surface area contributed by atoms with Gasteiger partial charge >= 0.3 is 12.1 Å². The number of amides is 1. The Hall–Kier alpha value is -3.26. The number of hydrogen-bond acceptors (Lipinski definition) is 6. The third-order valence-electron chi connectivity index (χ3n) is 3.81. The molecule has 1 aliphatic rings. The number of fused-ring (bicyclic) bond motifs is 1. The third kappa shape index (κ3) is 4.04. The third-order valence-corrected chi connectivity index (χ3v) is 3.81. The Labute approximate surface area is 148 Å². The van der Waals surface area contributed by atoms with Crippen LogP contribution in [0.5, 0.6) is 11.5 Å². The number of alkyl carbamates (subject to hydrolysis) is 1. The van der Waals surface area contributed by atoms with Gasteiger partial charge in [-0.1, -0.05) is 36.4 Å². The second kappa shape index (κ2) is 7.75. The maximum atomic E-state index is 11.9. The summed E-state index contributed by atoms with van der Waals surface area (Å²) in [5, 5.41) is 21.9. The number of nitrogens with one attached hydrogen (secondary N) is 1. The van der Waals surface area contributed by atoms with E-state index in [-0.39, 0.29) is 19.0 Å². The van der Waals surface area contributed by atoms with E-state index in [4.69, 9.17) is 14.2 Å². The molecule has 0 aliphatic carbocycles. The molecule has 1 amide bonds. The first-order chi connectivity index (χ1) is 12.5. The Morgan fingerprint density at radius 3 is 2.58 bits per heavy atom. The molecule has 3 N–H and O–H groups in total. The van der Waals surface area contributed by atoms with Crippen molar-refractivity contribution in [2.24, 2.45) is 0 Å². The lowest BCUT2D eigenvalue weighted by Gasteiger charge is -2.20. The molecule has 2 atom stereocenters. The first kappa shape index (κ1) is 17.6. The summed E-state index contributed by atoms with van der Waals surface area (Å²) in [5.41, 5.74) is 1.02. The molecular weight excluding hydrogens is 342 g/mol. The van der Waals surface area contributed by atoms with Gasteiger partial charge in [-0.05, 0) is 23.3 Å². The van der Waals surface area contributed by atoms with Crippen molar-refractivity contribution in [2.45, 2.75) is 18.8 Å². The Kier molecular flexibility index (Phi) is 5.23. The number of aliphatic hydroxyl groups is 1. The quantitative estimate of drug-likeness (QED) is 0.721. The second-order valence-corrected chi connectivity index (χ2v) is 5.58. The van der Waals surface area contributed by atoms with Gasteiger partial charge in [0.05, 0.1) is 0 Å². The molecule has 0 aromatic heterocycles. The minimum absolute atomic E-state index is 0.0148. The van der Waals surface area contributed by atoms with Crippen LogP contribution in [0, 0.1) is 0 Å². The number of carboxylic acid groups (broad SMARTS) is 1. The van der Waals surface area contributed by atoms with Crippen molar-refractivity contribution < 1.29 is 34.0 Å². The first-order valence-corrected chi connectivity index (χ1v) is 7.82. The number of hydrogen-bond donors (Lipinski definition) is 3. The summed E-state index contributed by atoms with van der Waals surface area (Å²) >= 11 is 0. The summed E-state index contributed by atoms with van der Waals surface area (Å²) in [4.78, 5) is 23.4. The molecule has 0 saturated heterocycles. The highest BCUT2D eigenvalue weighted by molar-refractivity contribution is 5.80. The molecule has 0 saturated carbocycles. The molecule has 2 aromatic carbocycles. The highest BCUT2D eigenvalue weighted by Crippen LogP contribution is 2.34. The van der Waals surface area contributed by atoms with E-state index < -0.39 is 24.2 Å². The van der Waals surface area contributed by atoms with Gasteiger partial charge in [0.15, 0.2) is 17.5 Å². The zero-order valence-corrected chi connectivity index (χ0v) is 13.6. The average molecular weight is 359 g/mol. The van der Waals surface area contributed by atoms with Crippen molar-refractivity contribution in [3.8, 4) is 11.5 Å². The summed E-state index contributed by atoms with van der Waals surface area (Å²) in [7, 11) is 0. The molecule has 3 rings (SSSR count). The van der Waals surface area contributed by atoms with E-state index in [1.54, 1.807) is 30.3 Å². The molecule has 26 heavy (non-hydrogen) atoms. The molecule has 8 nitrogen and oxygen atoms in total. The number of carbonyl (C=O) groups is 2. The summed E-state index contributed by atoms with van der Waals surface area (Å²) < 4.78 is 15.4. The van der Waals surface area contributed by atoms with Crippen LogP contribution < -0.4 is 14.8 Å². The van der Waals surface area contributed by atoms with Gasteiger partial charge in [-0.2, -0.15) is 0 Å². The van der Waals surface area contributed by atoms with Gasteiger partial charge in [0.1, 0.15) is 12.7 Å². The highest BCUT2D eigenvalue weighted by Gasteiger charge is 2.31. The largest absolute Gasteiger partial charge is 0.480 e. The number of aliphatic hydroxyl groups excluding tert-OH is 1. The van der Waals surface area contributed by atoms with Crippen molar-refractivity contribution in [3.63, 3.8) is 0 Å². The monoisotopic (exact) mass is 359 g/mol. The fourth-order valence-electron chi connectivity index (χ4n) is 2.46. The molecule has 0 bridgehead atoms. The van der Waals surface area contributed by atoms with Crippen LogP contribution in [0.15, 0.2) is 48.5 Å². The average Bonchev–Trinajstić information content (AvgIpc) is 3.12. The molecule has 136 valence electrons. The number of ether oxygens (including phenoxy) is 3. The van der Waals surface area contributed by atoms with Crippen molar-refractivity contribution in [1.82, 2.24) is 5.32 Å². The topological polar surface area (TPSA) is 114 Å². The Bertz CT molecular complexity index is 793. The predicted octanol–water partition coefficient (Wildman–Crippen LogP) is 1.83. The van der Waals surface area contributed by atoms with Crippen LogP contribution in [0.25, 0.3) is 0 Å². The lowest BCUT2D eigenvalue weighted by Crippen LogP contribution is -2.45. The number of benzene rings is 2. The Morgan fingerprint density at radius 1 is 1.12 bits per heavy atom. The van der Waals surface area contributed by atoms with E-state index in [9.17, 15) is 19.8 Å². The van der Waals surface area contributed by atoms with Crippen LogP contribution in [-0.2, 0) is 16.1 Å².